The van der Waals surface area contributed by atoms with Gasteiger partial charge >= 0.3 is 0 Å². The molecule has 3 nitrogen and oxygen atoms in total. The molecule has 0 spiro atoms. The molecule has 0 bridgehead atoms. The molecule has 1 aliphatic carbocycles. The van der Waals surface area contributed by atoms with E-state index in [9.17, 15) is 4.79 Å². The molecular weight excluding hydrogens is 260 g/mol. The lowest BCUT2D eigenvalue weighted by Gasteiger charge is -2.24. The van der Waals surface area contributed by atoms with E-state index in [0.717, 1.165) is 44.3 Å². The first-order valence-corrected chi connectivity index (χ1v) is 8.28. The van der Waals surface area contributed by atoms with E-state index in [0.29, 0.717) is 0 Å². The summed E-state index contributed by atoms with van der Waals surface area (Å²) in [4.78, 5) is 14.7. The first-order chi connectivity index (χ1) is 10.1. The minimum atomic E-state index is -0.0867. The third-order valence-corrected chi connectivity index (χ3v) is 5.06. The fourth-order valence-electron chi connectivity index (χ4n) is 3.23. The highest BCUT2D eigenvalue weighted by molar-refractivity contribution is 5.83. The fraction of sp³-hybridized carbons (Fsp3) is 0.611. The third-order valence-electron chi connectivity index (χ3n) is 5.06. The first kappa shape index (κ1) is 14.6. The second-order valence-corrected chi connectivity index (χ2v) is 6.74. The minimum absolute atomic E-state index is 0.0509. The van der Waals surface area contributed by atoms with E-state index in [4.69, 9.17) is 5.73 Å². The van der Waals surface area contributed by atoms with Crippen molar-refractivity contribution in [3.05, 3.63) is 35.4 Å². The number of amides is 1. The predicted octanol–water partition coefficient (Wildman–Crippen LogP) is 3.14. The van der Waals surface area contributed by atoms with Crippen LogP contribution in [0.4, 0.5) is 0 Å². The number of benzene rings is 1. The van der Waals surface area contributed by atoms with E-state index in [1.165, 1.54) is 18.4 Å². The first-order valence-electron chi connectivity index (χ1n) is 8.28. The van der Waals surface area contributed by atoms with Crippen molar-refractivity contribution >= 4 is 5.91 Å². The molecule has 21 heavy (non-hydrogen) atoms. The molecule has 1 heterocycles. The molecule has 1 amide bonds. The van der Waals surface area contributed by atoms with Gasteiger partial charge in [0.2, 0.25) is 5.91 Å². The number of carbonyl (C=O) groups excluding carboxylic acids is 1. The number of nitrogens with zero attached hydrogens (tertiary/aromatic N) is 1. The van der Waals surface area contributed by atoms with Gasteiger partial charge in [-0.25, -0.2) is 0 Å². The zero-order chi connectivity index (χ0) is 14.9. The van der Waals surface area contributed by atoms with Crippen LogP contribution in [0.25, 0.3) is 0 Å². The maximum Gasteiger partial charge on any atom is 0.229 e. The Hall–Kier alpha value is -1.35. The smallest absolute Gasteiger partial charge is 0.229 e. The van der Waals surface area contributed by atoms with Crippen molar-refractivity contribution in [2.75, 3.05) is 13.1 Å². The van der Waals surface area contributed by atoms with Gasteiger partial charge in [0.25, 0.3) is 0 Å². The summed E-state index contributed by atoms with van der Waals surface area (Å²) in [5, 5.41) is 0. The molecule has 0 aromatic heterocycles. The average molecular weight is 286 g/mol. The Morgan fingerprint density at radius 1 is 1.10 bits per heavy atom. The molecule has 1 atom stereocenters. The number of hydrogen-bond acceptors (Lipinski definition) is 2. The summed E-state index contributed by atoms with van der Waals surface area (Å²) in [6.07, 6.45) is 6.96. The van der Waals surface area contributed by atoms with Gasteiger partial charge in [0.15, 0.2) is 0 Å². The summed E-state index contributed by atoms with van der Waals surface area (Å²) in [7, 11) is 0. The van der Waals surface area contributed by atoms with Crippen LogP contribution in [0.5, 0.6) is 0 Å². The Labute approximate surface area is 127 Å². The molecule has 2 aliphatic rings. The van der Waals surface area contributed by atoms with Crippen molar-refractivity contribution < 1.29 is 4.79 Å². The van der Waals surface area contributed by atoms with E-state index < -0.39 is 0 Å². The van der Waals surface area contributed by atoms with Crippen molar-refractivity contribution in [3.8, 4) is 0 Å². The van der Waals surface area contributed by atoms with Crippen LogP contribution in [0.3, 0.4) is 0 Å². The molecule has 2 N–H and O–H groups in total. The summed E-state index contributed by atoms with van der Waals surface area (Å²) in [6, 6.07) is 8.38. The van der Waals surface area contributed by atoms with Crippen LogP contribution in [0.15, 0.2) is 24.3 Å². The van der Waals surface area contributed by atoms with E-state index in [1.54, 1.807) is 0 Å². The molecule has 1 unspecified atom stereocenters. The summed E-state index contributed by atoms with van der Waals surface area (Å²) in [5.41, 5.74) is 8.44. The Balaban J connectivity index is 1.68. The van der Waals surface area contributed by atoms with Gasteiger partial charge in [-0.1, -0.05) is 37.1 Å². The average Bonchev–Trinajstić information content (AvgIpc) is 3.30. The maximum atomic E-state index is 12.6. The largest absolute Gasteiger partial charge is 0.342 e. The summed E-state index contributed by atoms with van der Waals surface area (Å²) in [6.45, 7) is 3.87. The van der Waals surface area contributed by atoms with E-state index in [1.807, 2.05) is 6.92 Å². The standard InChI is InChI=1S/C18H26N2O/c1-14(17(21)20-12-4-2-3-5-13-20)15-6-8-16(9-7-15)18(19)10-11-18/h6-9,14H,2-5,10-13,19H2,1H3. The highest BCUT2D eigenvalue weighted by atomic mass is 16.2. The van der Waals surface area contributed by atoms with E-state index in [2.05, 4.69) is 29.2 Å². The third kappa shape index (κ3) is 3.13. The fourth-order valence-corrected chi connectivity index (χ4v) is 3.23. The van der Waals surface area contributed by atoms with Gasteiger partial charge in [-0.2, -0.15) is 0 Å². The van der Waals surface area contributed by atoms with Crippen LogP contribution in [0.2, 0.25) is 0 Å². The number of rotatable bonds is 3. The van der Waals surface area contributed by atoms with Gasteiger partial charge in [0, 0.05) is 18.6 Å². The van der Waals surface area contributed by atoms with Gasteiger partial charge < -0.3 is 10.6 Å². The van der Waals surface area contributed by atoms with Gasteiger partial charge in [-0.15, -0.1) is 0 Å². The van der Waals surface area contributed by atoms with Crippen LogP contribution in [-0.4, -0.2) is 23.9 Å². The van der Waals surface area contributed by atoms with Gasteiger partial charge in [0.1, 0.15) is 0 Å². The van der Waals surface area contributed by atoms with Crippen molar-refractivity contribution in [2.24, 2.45) is 5.73 Å². The quantitative estimate of drug-likeness (QED) is 0.928. The van der Waals surface area contributed by atoms with Crippen LogP contribution in [0, 0.1) is 0 Å². The Morgan fingerprint density at radius 2 is 1.67 bits per heavy atom. The number of hydrogen-bond donors (Lipinski definition) is 1. The highest BCUT2D eigenvalue weighted by Gasteiger charge is 2.39. The topological polar surface area (TPSA) is 46.3 Å². The molecule has 3 rings (SSSR count). The van der Waals surface area contributed by atoms with E-state index in [-0.39, 0.29) is 17.4 Å². The SMILES string of the molecule is CC(C(=O)N1CCCCCC1)c1ccc(C2(N)CC2)cc1. The zero-order valence-electron chi connectivity index (χ0n) is 13.0. The zero-order valence-corrected chi connectivity index (χ0v) is 13.0. The molecule has 2 fully saturated rings. The molecule has 0 radical (unpaired) electrons. The van der Waals surface area contributed by atoms with Gasteiger partial charge in [0.05, 0.1) is 5.92 Å². The van der Waals surface area contributed by atoms with Crippen LogP contribution < -0.4 is 5.73 Å². The molecule has 1 aromatic carbocycles. The molecule has 1 saturated heterocycles. The predicted molar refractivity (Wildman–Crippen MR) is 85.0 cm³/mol. The minimum Gasteiger partial charge on any atom is -0.342 e. The number of likely N-dealkylation sites (tertiary alicyclic amines) is 1. The Morgan fingerprint density at radius 3 is 2.19 bits per heavy atom. The van der Waals surface area contributed by atoms with Crippen LogP contribution >= 0.6 is 0 Å². The van der Waals surface area contributed by atoms with Crippen molar-refractivity contribution in [1.82, 2.24) is 4.90 Å². The maximum absolute atomic E-state index is 12.6. The molecule has 114 valence electrons. The monoisotopic (exact) mass is 286 g/mol. The van der Waals surface area contributed by atoms with Crippen molar-refractivity contribution in [3.63, 3.8) is 0 Å². The Kier molecular flexibility index (Phi) is 4.03. The summed E-state index contributed by atoms with van der Waals surface area (Å²) >= 11 is 0. The van der Waals surface area contributed by atoms with E-state index >= 15 is 0 Å². The van der Waals surface area contributed by atoms with Gasteiger partial charge in [-0.05, 0) is 43.7 Å². The van der Waals surface area contributed by atoms with Crippen LogP contribution in [0.1, 0.15) is 62.5 Å². The normalized spacial score (nSPS) is 22.5. The molecule has 1 aromatic rings. The second kappa shape index (κ2) is 5.80. The van der Waals surface area contributed by atoms with Crippen molar-refractivity contribution in [2.45, 2.75) is 56.9 Å². The highest BCUT2D eigenvalue weighted by Crippen LogP contribution is 2.42. The Bertz CT molecular complexity index is 496. The lowest BCUT2D eigenvalue weighted by molar-refractivity contribution is -0.132. The van der Waals surface area contributed by atoms with Crippen LogP contribution in [-0.2, 0) is 10.3 Å². The summed E-state index contributed by atoms with van der Waals surface area (Å²) in [5.74, 6) is 0.226. The summed E-state index contributed by atoms with van der Waals surface area (Å²) < 4.78 is 0. The number of carbonyl (C=O) groups is 1. The number of nitrogens with two attached hydrogens (primary N) is 1. The van der Waals surface area contributed by atoms with Crippen molar-refractivity contribution in [1.29, 1.82) is 0 Å². The lowest BCUT2D eigenvalue weighted by Crippen LogP contribution is -2.35. The van der Waals surface area contributed by atoms with Gasteiger partial charge in [-0.3, -0.25) is 4.79 Å². The molecule has 1 saturated carbocycles. The molecule has 3 heteroatoms. The molecule has 1 aliphatic heterocycles. The lowest BCUT2D eigenvalue weighted by atomic mass is 9.96. The second-order valence-electron chi connectivity index (χ2n) is 6.74. The molecular formula is C18H26N2O.